The van der Waals surface area contributed by atoms with Gasteiger partial charge >= 0.3 is 0 Å². The van der Waals surface area contributed by atoms with E-state index in [0.717, 1.165) is 36.9 Å². The molecule has 124 valence electrons. The Bertz CT molecular complexity index is 765. The fourth-order valence-electron chi connectivity index (χ4n) is 4.15. The van der Waals surface area contributed by atoms with Crippen molar-refractivity contribution >= 4 is 11.6 Å². The molecule has 5 rings (SSSR count). The van der Waals surface area contributed by atoms with Crippen molar-refractivity contribution in [3.05, 3.63) is 47.8 Å². The van der Waals surface area contributed by atoms with Crippen LogP contribution in [0.3, 0.4) is 0 Å². The van der Waals surface area contributed by atoms with E-state index in [9.17, 15) is 4.79 Å². The maximum absolute atomic E-state index is 12.6. The highest BCUT2D eigenvalue weighted by Crippen LogP contribution is 2.37. The SMILES string of the molecule is O=C1CC(c2ccccc2)CN1c1cnn2c1CNC(C1CC1)C2. The van der Waals surface area contributed by atoms with Crippen LogP contribution in [-0.4, -0.2) is 28.3 Å². The molecule has 1 saturated carbocycles. The Morgan fingerprint density at radius 3 is 2.75 bits per heavy atom. The average Bonchev–Trinajstić information content (AvgIpc) is 3.28. The van der Waals surface area contributed by atoms with Crippen molar-refractivity contribution in [2.24, 2.45) is 5.92 Å². The van der Waals surface area contributed by atoms with E-state index in [4.69, 9.17) is 0 Å². The van der Waals surface area contributed by atoms with Gasteiger partial charge in [-0.25, -0.2) is 0 Å². The molecule has 1 N–H and O–H groups in total. The van der Waals surface area contributed by atoms with Crippen molar-refractivity contribution < 1.29 is 4.79 Å². The van der Waals surface area contributed by atoms with Crippen molar-refractivity contribution in [1.82, 2.24) is 15.1 Å². The molecule has 2 aliphatic heterocycles. The minimum atomic E-state index is 0.212. The number of benzene rings is 1. The summed E-state index contributed by atoms with van der Waals surface area (Å²) in [5.41, 5.74) is 3.41. The molecule has 0 bridgehead atoms. The lowest BCUT2D eigenvalue weighted by Crippen LogP contribution is -2.41. The summed E-state index contributed by atoms with van der Waals surface area (Å²) in [5.74, 6) is 1.32. The molecule has 2 fully saturated rings. The van der Waals surface area contributed by atoms with E-state index in [1.807, 2.05) is 29.3 Å². The van der Waals surface area contributed by atoms with Gasteiger partial charge < -0.3 is 10.2 Å². The van der Waals surface area contributed by atoms with Gasteiger partial charge in [0.05, 0.1) is 24.1 Å². The molecule has 2 aromatic rings. The largest absolute Gasteiger partial charge is 0.309 e. The first-order valence-electron chi connectivity index (χ1n) is 8.93. The van der Waals surface area contributed by atoms with Crippen molar-refractivity contribution in [1.29, 1.82) is 0 Å². The summed E-state index contributed by atoms with van der Waals surface area (Å²) >= 11 is 0. The van der Waals surface area contributed by atoms with Crippen molar-refractivity contribution in [2.75, 3.05) is 11.4 Å². The predicted molar refractivity (Wildman–Crippen MR) is 91.7 cm³/mol. The molecule has 5 nitrogen and oxygen atoms in total. The Morgan fingerprint density at radius 2 is 1.96 bits per heavy atom. The van der Waals surface area contributed by atoms with Gasteiger partial charge in [-0.3, -0.25) is 9.48 Å². The Labute approximate surface area is 141 Å². The summed E-state index contributed by atoms with van der Waals surface area (Å²) in [5, 5.41) is 8.22. The summed E-state index contributed by atoms with van der Waals surface area (Å²) in [6.07, 6.45) is 5.15. The highest BCUT2D eigenvalue weighted by Gasteiger charge is 2.37. The fourth-order valence-corrected chi connectivity index (χ4v) is 4.15. The molecule has 1 amide bonds. The number of carbonyl (C=O) groups is 1. The number of nitrogens with one attached hydrogen (secondary N) is 1. The highest BCUT2D eigenvalue weighted by atomic mass is 16.2. The van der Waals surface area contributed by atoms with Gasteiger partial charge in [0.15, 0.2) is 0 Å². The van der Waals surface area contributed by atoms with Crippen LogP contribution in [0.25, 0.3) is 0 Å². The maximum atomic E-state index is 12.6. The second-order valence-corrected chi connectivity index (χ2v) is 7.30. The van der Waals surface area contributed by atoms with Crippen LogP contribution < -0.4 is 10.2 Å². The van der Waals surface area contributed by atoms with Crippen LogP contribution in [0.15, 0.2) is 36.5 Å². The summed E-state index contributed by atoms with van der Waals surface area (Å²) in [4.78, 5) is 14.5. The zero-order valence-corrected chi connectivity index (χ0v) is 13.7. The number of anilines is 1. The van der Waals surface area contributed by atoms with Crippen molar-refractivity contribution in [3.63, 3.8) is 0 Å². The van der Waals surface area contributed by atoms with Gasteiger partial charge in [0.25, 0.3) is 0 Å². The Balaban J connectivity index is 1.38. The molecule has 1 aromatic heterocycles. The number of nitrogens with zero attached hydrogens (tertiary/aromatic N) is 3. The molecule has 3 aliphatic rings. The van der Waals surface area contributed by atoms with Gasteiger partial charge in [-0.1, -0.05) is 30.3 Å². The number of amides is 1. The lowest BCUT2D eigenvalue weighted by Gasteiger charge is -2.27. The zero-order valence-electron chi connectivity index (χ0n) is 13.7. The van der Waals surface area contributed by atoms with Crippen LogP contribution in [0.2, 0.25) is 0 Å². The van der Waals surface area contributed by atoms with E-state index < -0.39 is 0 Å². The van der Waals surface area contributed by atoms with E-state index in [2.05, 4.69) is 27.2 Å². The lowest BCUT2D eigenvalue weighted by molar-refractivity contribution is -0.117. The number of fused-ring (bicyclic) bond motifs is 1. The summed E-state index contributed by atoms with van der Waals surface area (Å²) in [6, 6.07) is 10.9. The summed E-state index contributed by atoms with van der Waals surface area (Å²) in [6.45, 7) is 2.51. The first kappa shape index (κ1) is 14.2. The number of aromatic nitrogens is 2. The highest BCUT2D eigenvalue weighted by molar-refractivity contribution is 5.97. The third kappa shape index (κ3) is 2.35. The number of hydrogen-bond donors (Lipinski definition) is 1. The smallest absolute Gasteiger partial charge is 0.227 e. The van der Waals surface area contributed by atoms with Crippen LogP contribution in [0.4, 0.5) is 5.69 Å². The third-order valence-corrected chi connectivity index (χ3v) is 5.71. The van der Waals surface area contributed by atoms with Gasteiger partial charge in [-0.15, -0.1) is 0 Å². The molecule has 3 heterocycles. The van der Waals surface area contributed by atoms with Crippen molar-refractivity contribution in [2.45, 2.75) is 44.3 Å². The van der Waals surface area contributed by atoms with E-state index >= 15 is 0 Å². The molecule has 2 unspecified atom stereocenters. The number of rotatable bonds is 3. The van der Waals surface area contributed by atoms with Gasteiger partial charge in [0.2, 0.25) is 5.91 Å². The zero-order chi connectivity index (χ0) is 16.1. The molecule has 1 aliphatic carbocycles. The van der Waals surface area contributed by atoms with E-state index in [0.29, 0.717) is 12.5 Å². The van der Waals surface area contributed by atoms with E-state index in [1.165, 1.54) is 18.4 Å². The molecular formula is C19H22N4O. The second-order valence-electron chi connectivity index (χ2n) is 7.30. The van der Waals surface area contributed by atoms with Gasteiger partial charge in [0.1, 0.15) is 0 Å². The average molecular weight is 322 g/mol. The van der Waals surface area contributed by atoms with Crippen LogP contribution in [0, 0.1) is 5.92 Å². The molecule has 1 saturated heterocycles. The Hall–Kier alpha value is -2.14. The molecule has 24 heavy (non-hydrogen) atoms. The predicted octanol–water partition coefficient (Wildman–Crippen LogP) is 2.29. The van der Waals surface area contributed by atoms with Crippen LogP contribution in [-0.2, 0) is 17.9 Å². The second kappa shape index (κ2) is 5.45. The molecule has 2 atom stereocenters. The van der Waals surface area contributed by atoms with E-state index in [-0.39, 0.29) is 11.8 Å². The van der Waals surface area contributed by atoms with Crippen LogP contribution >= 0.6 is 0 Å². The molecule has 5 heteroatoms. The summed E-state index contributed by atoms with van der Waals surface area (Å²) in [7, 11) is 0. The van der Waals surface area contributed by atoms with Crippen LogP contribution in [0.5, 0.6) is 0 Å². The minimum Gasteiger partial charge on any atom is -0.309 e. The fraction of sp³-hybridized carbons (Fsp3) is 0.474. The van der Waals surface area contributed by atoms with Crippen molar-refractivity contribution in [3.8, 4) is 0 Å². The monoisotopic (exact) mass is 322 g/mol. The van der Waals surface area contributed by atoms with Gasteiger partial charge in [-0.2, -0.15) is 5.10 Å². The molecule has 0 radical (unpaired) electrons. The van der Waals surface area contributed by atoms with Gasteiger partial charge in [0, 0.05) is 31.5 Å². The first-order valence-corrected chi connectivity index (χ1v) is 8.93. The number of carbonyl (C=O) groups excluding carboxylic acids is 1. The normalized spacial score (nSPS) is 26.7. The Morgan fingerprint density at radius 1 is 1.12 bits per heavy atom. The molecule has 0 spiro atoms. The van der Waals surface area contributed by atoms with E-state index in [1.54, 1.807) is 0 Å². The maximum Gasteiger partial charge on any atom is 0.227 e. The Kier molecular flexibility index (Phi) is 3.23. The van der Waals surface area contributed by atoms with Gasteiger partial charge in [-0.05, 0) is 24.3 Å². The quantitative estimate of drug-likeness (QED) is 0.943. The standard InChI is InChI=1S/C19H22N4O/c24-19-8-15(13-4-2-1-3-5-13)11-22(19)17-10-21-23-12-16(14-6-7-14)20-9-18(17)23/h1-5,10,14-16,20H,6-9,11-12H2. The molecular weight excluding hydrogens is 300 g/mol. The summed E-state index contributed by atoms with van der Waals surface area (Å²) < 4.78 is 2.11. The molecule has 1 aromatic carbocycles. The first-order chi connectivity index (χ1) is 11.8. The lowest BCUT2D eigenvalue weighted by atomic mass is 9.98. The number of hydrogen-bond acceptors (Lipinski definition) is 3. The van der Waals surface area contributed by atoms with Crippen LogP contribution in [0.1, 0.15) is 36.4 Å². The third-order valence-electron chi connectivity index (χ3n) is 5.71. The topological polar surface area (TPSA) is 50.2 Å². The minimum absolute atomic E-state index is 0.212.